The summed E-state index contributed by atoms with van der Waals surface area (Å²) < 4.78 is 0. The van der Waals surface area contributed by atoms with Gasteiger partial charge in [-0.2, -0.15) is 0 Å². The van der Waals surface area contributed by atoms with E-state index in [2.05, 4.69) is 159 Å². The Morgan fingerprint density at radius 2 is 0.929 bits per heavy atom. The molecule has 1 spiro atoms. The molecule has 0 amide bonds. The van der Waals surface area contributed by atoms with Gasteiger partial charge in [0.1, 0.15) is 0 Å². The topological polar surface area (TPSA) is 0 Å². The molecule has 8 rings (SSSR count). The van der Waals surface area contributed by atoms with Gasteiger partial charge in [-0.3, -0.25) is 0 Å². The molecule has 0 fully saturated rings. The number of hydrogen-bond acceptors (Lipinski definition) is 0. The molecule has 0 bridgehead atoms. The summed E-state index contributed by atoms with van der Waals surface area (Å²) in [6.07, 6.45) is 4.03. The van der Waals surface area contributed by atoms with E-state index in [0.29, 0.717) is 0 Å². The molecular weight excluding hydrogens is 504 g/mol. The third-order valence-corrected chi connectivity index (χ3v) is 9.28. The fourth-order valence-corrected chi connectivity index (χ4v) is 7.40. The van der Waals surface area contributed by atoms with Crippen LogP contribution in [0.5, 0.6) is 0 Å². The van der Waals surface area contributed by atoms with Crippen molar-refractivity contribution in [3.63, 3.8) is 0 Å². The van der Waals surface area contributed by atoms with Crippen LogP contribution in [0.3, 0.4) is 0 Å². The number of fused-ring (bicyclic) bond motifs is 10. The van der Waals surface area contributed by atoms with Crippen molar-refractivity contribution in [2.24, 2.45) is 0 Å². The third kappa shape index (κ3) is 3.36. The van der Waals surface area contributed by atoms with Gasteiger partial charge in [-0.05, 0) is 97.0 Å². The van der Waals surface area contributed by atoms with E-state index in [1.807, 2.05) is 6.08 Å². The summed E-state index contributed by atoms with van der Waals surface area (Å²) in [6.45, 7) is 6.03. The lowest BCUT2D eigenvalue weighted by Crippen LogP contribution is -2.25. The Hall–Kier alpha value is -5.20. The summed E-state index contributed by atoms with van der Waals surface area (Å²) in [5.41, 5.74) is 17.7. The Labute approximate surface area is 248 Å². The molecule has 0 heteroatoms. The minimum Gasteiger partial charge on any atom is -0.0985 e. The molecule has 0 aromatic heterocycles. The van der Waals surface area contributed by atoms with Gasteiger partial charge in [-0.1, -0.05) is 146 Å². The van der Waals surface area contributed by atoms with E-state index < -0.39 is 0 Å². The van der Waals surface area contributed by atoms with Crippen molar-refractivity contribution in [3.8, 4) is 44.5 Å². The molecule has 0 atom stereocenters. The van der Waals surface area contributed by atoms with Crippen molar-refractivity contribution in [2.75, 3.05) is 0 Å². The number of hydrogen-bond donors (Lipinski definition) is 0. The first-order chi connectivity index (χ1) is 20.7. The van der Waals surface area contributed by atoms with E-state index in [9.17, 15) is 0 Å². The quantitative estimate of drug-likeness (QED) is 0.197. The van der Waals surface area contributed by atoms with Crippen molar-refractivity contribution in [1.29, 1.82) is 0 Å². The summed E-state index contributed by atoms with van der Waals surface area (Å²) in [5.74, 6) is 0. The van der Waals surface area contributed by atoms with Crippen LogP contribution in [0, 0.1) is 0 Å². The Morgan fingerprint density at radius 3 is 1.45 bits per heavy atom. The maximum atomic E-state index is 3.98. The average molecular weight is 535 g/mol. The molecule has 0 aliphatic heterocycles. The highest BCUT2D eigenvalue weighted by molar-refractivity contribution is 5.97. The van der Waals surface area contributed by atoms with Crippen molar-refractivity contribution in [3.05, 3.63) is 186 Å². The molecule has 0 radical (unpaired) electrons. The second-order valence-electron chi connectivity index (χ2n) is 11.3. The zero-order chi connectivity index (χ0) is 28.3. The molecule has 0 saturated carbocycles. The van der Waals surface area contributed by atoms with Gasteiger partial charge in [0, 0.05) is 0 Å². The second kappa shape index (κ2) is 9.43. The highest BCUT2D eigenvalue weighted by Gasteiger charge is 2.51. The van der Waals surface area contributed by atoms with Gasteiger partial charge in [-0.15, -0.1) is 0 Å². The first-order valence-electron chi connectivity index (χ1n) is 14.7. The van der Waals surface area contributed by atoms with E-state index >= 15 is 0 Å². The third-order valence-electron chi connectivity index (χ3n) is 9.28. The highest BCUT2D eigenvalue weighted by Crippen LogP contribution is 2.63. The summed E-state index contributed by atoms with van der Waals surface area (Å²) in [5, 5.41) is 0. The summed E-state index contributed by atoms with van der Waals surface area (Å²) in [7, 11) is 0. The minimum absolute atomic E-state index is 0.333. The molecule has 0 unspecified atom stereocenters. The van der Waals surface area contributed by atoms with Gasteiger partial charge < -0.3 is 0 Å². The molecular formula is C42H30. The fraction of sp³-hybridized carbons (Fsp3) is 0.0476. The predicted molar refractivity (Wildman–Crippen MR) is 177 cm³/mol. The number of benzene rings is 6. The van der Waals surface area contributed by atoms with Crippen LogP contribution in [0.1, 0.15) is 34.7 Å². The Kier molecular flexibility index (Phi) is 5.52. The lowest BCUT2D eigenvalue weighted by Gasteiger charge is -2.30. The van der Waals surface area contributed by atoms with Gasteiger partial charge in [0.25, 0.3) is 0 Å². The number of allylic oxidation sites excluding steroid dienone is 3. The first-order valence-corrected chi connectivity index (χ1v) is 14.7. The Bertz CT molecular complexity index is 1990. The molecule has 0 heterocycles. The van der Waals surface area contributed by atoms with Crippen LogP contribution in [-0.2, 0) is 5.41 Å². The lowest BCUT2D eigenvalue weighted by molar-refractivity contribution is 0.794. The summed E-state index contributed by atoms with van der Waals surface area (Å²) in [4.78, 5) is 0. The van der Waals surface area contributed by atoms with Crippen molar-refractivity contribution in [1.82, 2.24) is 0 Å². The maximum Gasteiger partial charge on any atom is 0.0725 e. The number of rotatable bonds is 4. The molecule has 2 aliphatic carbocycles. The predicted octanol–water partition coefficient (Wildman–Crippen LogP) is 11.0. The van der Waals surface area contributed by atoms with E-state index in [1.165, 1.54) is 72.3 Å². The summed E-state index contributed by atoms with van der Waals surface area (Å²) >= 11 is 0. The van der Waals surface area contributed by atoms with Crippen LogP contribution < -0.4 is 0 Å². The monoisotopic (exact) mass is 534 g/mol. The van der Waals surface area contributed by atoms with Gasteiger partial charge in [-0.25, -0.2) is 0 Å². The zero-order valence-corrected chi connectivity index (χ0v) is 23.6. The Balaban J connectivity index is 1.39. The van der Waals surface area contributed by atoms with Gasteiger partial charge in [0.15, 0.2) is 0 Å². The summed E-state index contributed by atoms with van der Waals surface area (Å²) in [6, 6.07) is 51.8. The van der Waals surface area contributed by atoms with Crippen molar-refractivity contribution in [2.45, 2.75) is 12.3 Å². The van der Waals surface area contributed by atoms with E-state index in [1.54, 1.807) is 0 Å². The molecule has 0 nitrogen and oxygen atoms in total. The first kappa shape index (κ1) is 24.6. The average Bonchev–Trinajstić information content (AvgIpc) is 3.52. The van der Waals surface area contributed by atoms with Gasteiger partial charge in [0.05, 0.1) is 5.41 Å². The van der Waals surface area contributed by atoms with Crippen LogP contribution in [0.4, 0.5) is 0 Å². The van der Waals surface area contributed by atoms with Crippen LogP contribution in [0.25, 0.3) is 50.1 Å². The van der Waals surface area contributed by atoms with E-state index in [4.69, 9.17) is 0 Å². The molecule has 6 aromatic rings. The molecule has 198 valence electrons. The van der Waals surface area contributed by atoms with Crippen molar-refractivity contribution < 1.29 is 0 Å². The molecule has 42 heavy (non-hydrogen) atoms. The molecule has 0 saturated heterocycles. The van der Waals surface area contributed by atoms with Crippen LogP contribution >= 0.6 is 0 Å². The van der Waals surface area contributed by atoms with Crippen LogP contribution in [0.2, 0.25) is 0 Å². The second-order valence-corrected chi connectivity index (χ2v) is 11.3. The molecule has 2 aliphatic rings. The molecule has 0 N–H and O–H groups in total. The SMILES string of the molecule is C=C/C(=C/C)c1ccc(-c2ccc3c(c2)-c2cc(-c4ccccc4)ccc2C32c3ccccc3-c3ccccc32)cc1. The minimum atomic E-state index is -0.333. The maximum absolute atomic E-state index is 3.98. The fourth-order valence-electron chi connectivity index (χ4n) is 7.40. The lowest BCUT2D eigenvalue weighted by atomic mass is 9.70. The van der Waals surface area contributed by atoms with Gasteiger partial charge >= 0.3 is 0 Å². The normalized spacial score (nSPS) is 13.8. The van der Waals surface area contributed by atoms with Gasteiger partial charge in [0.2, 0.25) is 0 Å². The molecule has 6 aromatic carbocycles. The van der Waals surface area contributed by atoms with E-state index in [0.717, 1.165) is 5.57 Å². The standard InChI is InChI=1S/C42H30/c1-3-28(4-2)30-18-20-31(21-19-30)33-23-25-41-37(27-33)36-26-32(29-12-6-5-7-13-29)22-24-40(36)42(41)38-16-10-8-14-34(38)35-15-9-11-17-39(35)42/h3-27H,1H2,2H3/b28-4-. The smallest absolute Gasteiger partial charge is 0.0725 e. The largest absolute Gasteiger partial charge is 0.0985 e. The van der Waals surface area contributed by atoms with Crippen LogP contribution in [-0.4, -0.2) is 0 Å². The van der Waals surface area contributed by atoms with Crippen molar-refractivity contribution >= 4 is 5.57 Å². The van der Waals surface area contributed by atoms with E-state index in [-0.39, 0.29) is 5.41 Å². The Morgan fingerprint density at radius 1 is 0.476 bits per heavy atom. The highest BCUT2D eigenvalue weighted by atomic mass is 14.5. The van der Waals surface area contributed by atoms with Crippen LogP contribution in [0.15, 0.2) is 158 Å². The zero-order valence-electron chi connectivity index (χ0n) is 23.6.